The molecule has 0 unspecified atom stereocenters. The summed E-state index contributed by atoms with van der Waals surface area (Å²) in [5.74, 6) is 1.02. The Labute approximate surface area is 205 Å². The first-order valence-electron chi connectivity index (χ1n) is 10.6. The van der Waals surface area contributed by atoms with Gasteiger partial charge in [-0.25, -0.2) is 4.39 Å². The predicted molar refractivity (Wildman–Crippen MR) is 132 cm³/mol. The number of thiocarbonyl (C=S) groups is 1. The van der Waals surface area contributed by atoms with Gasteiger partial charge in [-0.3, -0.25) is 15.1 Å². The molecule has 1 N–H and O–H groups in total. The van der Waals surface area contributed by atoms with Crippen LogP contribution in [0.25, 0.3) is 11.3 Å². The molecule has 0 radical (unpaired) electrons. The minimum atomic E-state index is -0.483. The second-order valence-electron chi connectivity index (χ2n) is 7.82. The molecule has 5 rings (SSSR count). The van der Waals surface area contributed by atoms with Gasteiger partial charge in [0.15, 0.2) is 5.11 Å². The van der Waals surface area contributed by atoms with Gasteiger partial charge in [-0.2, -0.15) is 0 Å². The van der Waals surface area contributed by atoms with Crippen LogP contribution in [0.15, 0.2) is 83.4 Å². The van der Waals surface area contributed by atoms with Gasteiger partial charge >= 0.3 is 0 Å². The van der Waals surface area contributed by atoms with Crippen LogP contribution >= 0.6 is 12.2 Å². The number of hydrogen-bond acceptors (Lipinski definition) is 6. The average molecular weight is 491 g/mol. The molecule has 4 aromatic rings. The third-order valence-corrected chi connectivity index (χ3v) is 6.10. The van der Waals surface area contributed by atoms with E-state index in [1.54, 1.807) is 30.5 Å². The molecule has 1 saturated heterocycles. The number of nitrogens with zero attached hydrogens (tertiary/aromatic N) is 3. The van der Waals surface area contributed by atoms with E-state index in [4.69, 9.17) is 21.4 Å². The van der Waals surface area contributed by atoms with Gasteiger partial charge < -0.3 is 19.4 Å². The number of pyridine rings is 1. The number of furan rings is 1. The molecular formula is C25H19FN4O4S. The maximum Gasteiger partial charge on any atom is 0.273 e. The van der Waals surface area contributed by atoms with E-state index in [1.807, 2.05) is 29.2 Å². The molecule has 176 valence electrons. The minimum Gasteiger partial charge on any atom is -0.496 e. The fourth-order valence-corrected chi connectivity index (χ4v) is 4.52. The van der Waals surface area contributed by atoms with Gasteiger partial charge in [-0.05, 0) is 66.8 Å². The number of nitrogens with one attached hydrogen (secondary N) is 1. The lowest BCUT2D eigenvalue weighted by Crippen LogP contribution is -2.29. The van der Waals surface area contributed by atoms with Crippen LogP contribution in [-0.4, -0.2) is 22.1 Å². The second kappa shape index (κ2) is 9.15. The summed E-state index contributed by atoms with van der Waals surface area (Å²) < 4.78 is 25.3. The first kappa shape index (κ1) is 22.5. The zero-order chi connectivity index (χ0) is 24.5. The minimum absolute atomic E-state index is 0.0829. The van der Waals surface area contributed by atoms with Crippen molar-refractivity contribution in [1.82, 2.24) is 10.3 Å². The average Bonchev–Trinajstić information content (AvgIpc) is 3.49. The topological polar surface area (TPSA) is 93.7 Å². The molecule has 2 atom stereocenters. The highest BCUT2D eigenvalue weighted by Gasteiger charge is 2.42. The number of anilines is 1. The van der Waals surface area contributed by atoms with Gasteiger partial charge in [0.05, 0.1) is 35.4 Å². The van der Waals surface area contributed by atoms with E-state index in [2.05, 4.69) is 10.3 Å². The lowest BCUT2D eigenvalue weighted by atomic mass is 10.0. The zero-order valence-corrected chi connectivity index (χ0v) is 19.2. The Morgan fingerprint density at radius 1 is 1.14 bits per heavy atom. The number of nitro groups is 1. The maximum absolute atomic E-state index is 13.6. The van der Waals surface area contributed by atoms with E-state index in [0.29, 0.717) is 33.6 Å². The quantitative estimate of drug-likeness (QED) is 0.213. The van der Waals surface area contributed by atoms with E-state index in [0.717, 1.165) is 5.69 Å². The number of benzene rings is 2. The van der Waals surface area contributed by atoms with Gasteiger partial charge in [0.25, 0.3) is 5.69 Å². The van der Waals surface area contributed by atoms with Crippen LogP contribution in [-0.2, 0) is 0 Å². The van der Waals surface area contributed by atoms with Gasteiger partial charge in [-0.1, -0.05) is 6.07 Å². The Bertz CT molecular complexity index is 1390. The molecular weight excluding hydrogens is 471 g/mol. The monoisotopic (exact) mass is 490 g/mol. The van der Waals surface area contributed by atoms with E-state index in [9.17, 15) is 14.5 Å². The van der Waals surface area contributed by atoms with Gasteiger partial charge in [0.2, 0.25) is 0 Å². The molecule has 2 aromatic heterocycles. The highest BCUT2D eigenvalue weighted by atomic mass is 32.1. The van der Waals surface area contributed by atoms with Crippen molar-refractivity contribution in [1.29, 1.82) is 0 Å². The molecule has 1 aliphatic heterocycles. The number of aromatic nitrogens is 1. The molecule has 2 aromatic carbocycles. The summed E-state index contributed by atoms with van der Waals surface area (Å²) in [6.45, 7) is 0. The second-order valence-corrected chi connectivity index (χ2v) is 8.20. The smallest absolute Gasteiger partial charge is 0.273 e. The van der Waals surface area contributed by atoms with Crippen molar-refractivity contribution in [3.63, 3.8) is 0 Å². The molecule has 0 bridgehead atoms. The van der Waals surface area contributed by atoms with Crippen LogP contribution in [0, 0.1) is 15.9 Å². The molecule has 0 aliphatic carbocycles. The SMILES string of the molecule is COc1cc([N+](=O)[O-])ccc1-c1ccc([C@H]2[C@@H](c3ccccn3)NC(=S)N2c2ccc(F)cc2)o1. The highest BCUT2D eigenvalue weighted by molar-refractivity contribution is 7.80. The van der Waals surface area contributed by atoms with Crippen molar-refractivity contribution in [3.8, 4) is 17.1 Å². The first-order chi connectivity index (χ1) is 17.0. The van der Waals surface area contributed by atoms with Crippen molar-refractivity contribution in [2.75, 3.05) is 12.0 Å². The number of hydrogen-bond donors (Lipinski definition) is 1. The molecule has 10 heteroatoms. The number of ether oxygens (including phenoxy) is 1. The number of nitro benzene ring substituents is 1. The van der Waals surface area contributed by atoms with Crippen LogP contribution in [0.5, 0.6) is 5.75 Å². The number of methoxy groups -OCH3 is 1. The van der Waals surface area contributed by atoms with E-state index < -0.39 is 11.0 Å². The van der Waals surface area contributed by atoms with Crippen LogP contribution in [0.3, 0.4) is 0 Å². The van der Waals surface area contributed by atoms with E-state index >= 15 is 0 Å². The van der Waals surface area contributed by atoms with Crippen LogP contribution in [0.1, 0.15) is 23.5 Å². The molecule has 0 saturated carbocycles. The Hall–Kier alpha value is -4.31. The fourth-order valence-electron chi connectivity index (χ4n) is 4.18. The molecule has 0 amide bonds. The molecule has 0 spiro atoms. The largest absolute Gasteiger partial charge is 0.496 e. The summed E-state index contributed by atoms with van der Waals surface area (Å²) in [4.78, 5) is 17.0. The van der Waals surface area contributed by atoms with Crippen LogP contribution in [0.4, 0.5) is 15.8 Å². The zero-order valence-electron chi connectivity index (χ0n) is 18.4. The lowest BCUT2D eigenvalue weighted by molar-refractivity contribution is -0.384. The third kappa shape index (κ3) is 4.19. The van der Waals surface area contributed by atoms with Gasteiger partial charge in [0.1, 0.15) is 29.1 Å². The van der Waals surface area contributed by atoms with Gasteiger partial charge in [0, 0.05) is 18.0 Å². The van der Waals surface area contributed by atoms with Crippen molar-refractivity contribution in [3.05, 3.63) is 106 Å². The maximum atomic E-state index is 13.6. The highest BCUT2D eigenvalue weighted by Crippen LogP contribution is 2.44. The Morgan fingerprint density at radius 2 is 1.94 bits per heavy atom. The van der Waals surface area contributed by atoms with Gasteiger partial charge in [-0.15, -0.1) is 0 Å². The summed E-state index contributed by atoms with van der Waals surface area (Å²) in [5.41, 5.74) is 1.94. The summed E-state index contributed by atoms with van der Waals surface area (Å²) in [6.07, 6.45) is 1.70. The number of rotatable bonds is 6. The standard InChI is InChI=1S/C25H19FN4O4S/c1-33-22-14-17(30(31)32)9-10-18(22)20-11-12-21(34-20)24-23(19-4-2-3-13-27-19)28-25(35)29(24)16-7-5-15(26)6-8-16/h2-14,23-24H,1H3,(H,28,35)/t23-,24+/m1/s1. The molecule has 8 nitrogen and oxygen atoms in total. The Balaban J connectivity index is 1.59. The first-order valence-corrected chi connectivity index (χ1v) is 11.1. The molecule has 1 aliphatic rings. The van der Waals surface area contributed by atoms with E-state index in [-0.39, 0.29) is 17.5 Å². The van der Waals surface area contributed by atoms with Crippen LogP contribution in [0.2, 0.25) is 0 Å². The molecule has 3 heterocycles. The summed E-state index contributed by atoms with van der Waals surface area (Å²) in [7, 11) is 1.44. The van der Waals surface area contributed by atoms with E-state index in [1.165, 1.54) is 31.4 Å². The predicted octanol–water partition coefficient (Wildman–Crippen LogP) is 5.57. The normalized spacial score (nSPS) is 17.3. The lowest BCUT2D eigenvalue weighted by Gasteiger charge is -2.26. The van der Waals surface area contributed by atoms with Crippen molar-refractivity contribution >= 4 is 28.7 Å². The molecule has 1 fully saturated rings. The van der Waals surface area contributed by atoms with Crippen LogP contribution < -0.4 is 15.0 Å². The molecule has 35 heavy (non-hydrogen) atoms. The Kier molecular flexibility index (Phi) is 5.87. The van der Waals surface area contributed by atoms with Crippen molar-refractivity contribution in [2.45, 2.75) is 12.1 Å². The summed E-state index contributed by atoms with van der Waals surface area (Å²) >= 11 is 5.66. The van der Waals surface area contributed by atoms with Crippen molar-refractivity contribution < 1.29 is 18.5 Å². The number of halogens is 1. The summed E-state index contributed by atoms with van der Waals surface area (Å²) in [5, 5.41) is 14.9. The Morgan fingerprint density at radius 3 is 2.63 bits per heavy atom. The summed E-state index contributed by atoms with van der Waals surface area (Å²) in [6, 6.07) is 18.8. The third-order valence-electron chi connectivity index (χ3n) is 5.78. The number of non-ortho nitro benzene ring substituents is 1. The van der Waals surface area contributed by atoms with Crippen molar-refractivity contribution in [2.24, 2.45) is 0 Å². The fraction of sp³-hybridized carbons (Fsp3) is 0.120.